The first-order valence-corrected chi connectivity index (χ1v) is 13.5. The van der Waals surface area contributed by atoms with Gasteiger partial charge in [0.1, 0.15) is 11.3 Å². The lowest BCUT2D eigenvalue weighted by Crippen LogP contribution is -2.34. The van der Waals surface area contributed by atoms with Crippen LogP contribution in [0, 0.1) is 35.2 Å². The predicted molar refractivity (Wildman–Crippen MR) is 153 cm³/mol. The molecule has 42 heavy (non-hydrogen) atoms. The molecule has 0 spiro atoms. The molecule has 0 unspecified atom stereocenters. The highest BCUT2D eigenvalue weighted by atomic mass is 19.2. The van der Waals surface area contributed by atoms with E-state index in [0.29, 0.717) is 18.1 Å². The van der Waals surface area contributed by atoms with Gasteiger partial charge in [-0.2, -0.15) is 0 Å². The number of ether oxygens (including phenoxy) is 1. The number of pyridine rings is 2. The van der Waals surface area contributed by atoms with Crippen LogP contribution in [0.2, 0.25) is 0 Å². The molecule has 0 bridgehead atoms. The average Bonchev–Trinajstić information content (AvgIpc) is 3.41. The van der Waals surface area contributed by atoms with Gasteiger partial charge >= 0.3 is 0 Å². The number of fused-ring (bicyclic) bond motifs is 1. The van der Waals surface area contributed by atoms with E-state index >= 15 is 0 Å². The first kappa shape index (κ1) is 28.9. The lowest BCUT2D eigenvalue weighted by atomic mass is 10.1. The Labute approximate surface area is 240 Å². The Morgan fingerprint density at radius 2 is 1.95 bits per heavy atom. The highest BCUT2D eigenvalue weighted by Crippen LogP contribution is 2.26. The quantitative estimate of drug-likeness (QED) is 0.259. The minimum Gasteiger partial charge on any atom is -0.492 e. The number of carbonyl (C=O) groups is 1. The molecular formula is C32H29F3N4O3. The molecule has 3 heterocycles. The number of nitrogens with one attached hydrogen (secondary N) is 1. The normalized spacial score (nSPS) is 15.7. The van der Waals surface area contributed by atoms with E-state index in [1.54, 1.807) is 6.20 Å². The van der Waals surface area contributed by atoms with E-state index < -0.39 is 35.0 Å². The van der Waals surface area contributed by atoms with Crippen LogP contribution >= 0.6 is 0 Å². The number of amides is 1. The van der Waals surface area contributed by atoms with Crippen LogP contribution in [0.1, 0.15) is 40.9 Å². The van der Waals surface area contributed by atoms with Crippen LogP contribution in [0.3, 0.4) is 0 Å². The first-order chi connectivity index (χ1) is 20.2. The van der Waals surface area contributed by atoms with Crippen LogP contribution in [0.5, 0.6) is 5.75 Å². The van der Waals surface area contributed by atoms with E-state index in [0.717, 1.165) is 52.9 Å². The van der Waals surface area contributed by atoms with Crippen molar-refractivity contribution in [3.05, 3.63) is 105 Å². The second-order valence-electron chi connectivity index (χ2n) is 10.4. The minimum atomic E-state index is -1.59. The zero-order valence-corrected chi connectivity index (χ0v) is 23.2. The maximum Gasteiger partial charge on any atom is 0.263 e. The number of likely N-dealkylation sites (tertiary alicyclic amines) is 1. The van der Waals surface area contributed by atoms with Crippen LogP contribution in [0.4, 0.5) is 13.2 Å². The lowest BCUT2D eigenvalue weighted by molar-refractivity contribution is 0.0956. The molecule has 1 aliphatic heterocycles. The number of halogens is 3. The lowest BCUT2D eigenvalue weighted by Gasteiger charge is -2.17. The molecule has 2 aromatic carbocycles. The van der Waals surface area contributed by atoms with Gasteiger partial charge in [0, 0.05) is 35.8 Å². The fourth-order valence-electron chi connectivity index (χ4n) is 5.03. The Morgan fingerprint density at radius 3 is 2.69 bits per heavy atom. The maximum atomic E-state index is 13.7. The molecule has 0 radical (unpaired) electrons. The van der Waals surface area contributed by atoms with Crippen molar-refractivity contribution < 1.29 is 22.7 Å². The van der Waals surface area contributed by atoms with E-state index in [-0.39, 0.29) is 17.7 Å². The monoisotopic (exact) mass is 574 g/mol. The van der Waals surface area contributed by atoms with Crippen molar-refractivity contribution in [2.45, 2.75) is 19.4 Å². The standard InChI is InChI=1S/C32H29F3N4O3/c1-20(23-16-26(33)30(35)27(34)17-23)39-13-4-6-24(32(39)41)31(40)37-11-3-5-21-7-8-28-25(15-21)29(9-12-36-28)42-19-22-10-14-38(2)18-22/h4,6-9,12-13,15-17,20,22H,10-11,14,18-19H2,1-2H3,(H,37,40)/t20-,22+/m1/s1. The number of hydrogen-bond donors (Lipinski definition) is 1. The van der Waals surface area contributed by atoms with Gasteiger partial charge in [-0.1, -0.05) is 11.8 Å². The van der Waals surface area contributed by atoms with E-state index in [4.69, 9.17) is 4.74 Å². The molecule has 1 amide bonds. The topological polar surface area (TPSA) is 76.5 Å². The highest BCUT2D eigenvalue weighted by Gasteiger charge is 2.21. The molecular weight excluding hydrogens is 545 g/mol. The molecule has 5 rings (SSSR count). The fourth-order valence-corrected chi connectivity index (χ4v) is 5.03. The summed E-state index contributed by atoms with van der Waals surface area (Å²) in [7, 11) is 2.11. The summed E-state index contributed by atoms with van der Waals surface area (Å²) in [5.41, 5.74) is 0.711. The number of aromatic nitrogens is 2. The second kappa shape index (κ2) is 12.5. The summed E-state index contributed by atoms with van der Waals surface area (Å²) in [6.07, 6.45) is 4.21. The van der Waals surface area contributed by atoms with Gasteiger partial charge in [-0.15, -0.1) is 0 Å². The van der Waals surface area contributed by atoms with Gasteiger partial charge in [-0.25, -0.2) is 13.2 Å². The van der Waals surface area contributed by atoms with E-state index in [9.17, 15) is 22.8 Å². The number of hydrogen-bond acceptors (Lipinski definition) is 5. The summed E-state index contributed by atoms with van der Waals surface area (Å²) in [5, 5.41) is 3.46. The van der Waals surface area contributed by atoms with Crippen molar-refractivity contribution in [3.63, 3.8) is 0 Å². The van der Waals surface area contributed by atoms with Crippen LogP contribution in [-0.2, 0) is 0 Å². The van der Waals surface area contributed by atoms with Crippen molar-refractivity contribution in [2.24, 2.45) is 5.92 Å². The Balaban J connectivity index is 1.25. The number of carbonyl (C=O) groups excluding carboxylic acids is 1. The molecule has 4 aromatic rings. The second-order valence-corrected chi connectivity index (χ2v) is 10.4. The Hall–Kier alpha value is -4.62. The van der Waals surface area contributed by atoms with Crippen molar-refractivity contribution in [1.29, 1.82) is 0 Å². The summed E-state index contributed by atoms with van der Waals surface area (Å²) in [6, 6.07) is 11.0. The average molecular weight is 575 g/mol. The van der Waals surface area contributed by atoms with Gasteiger partial charge in [0.2, 0.25) is 0 Å². The molecule has 7 nitrogen and oxygen atoms in total. The molecule has 1 saturated heterocycles. The maximum absolute atomic E-state index is 13.7. The van der Waals surface area contributed by atoms with Gasteiger partial charge in [0.05, 0.1) is 24.7 Å². The van der Waals surface area contributed by atoms with Gasteiger partial charge in [0.25, 0.3) is 11.5 Å². The van der Waals surface area contributed by atoms with E-state index in [1.807, 2.05) is 24.3 Å². The van der Waals surface area contributed by atoms with Crippen molar-refractivity contribution in [1.82, 2.24) is 19.8 Å². The van der Waals surface area contributed by atoms with Gasteiger partial charge in [0.15, 0.2) is 17.5 Å². The van der Waals surface area contributed by atoms with Gasteiger partial charge in [-0.3, -0.25) is 14.6 Å². The molecule has 1 N–H and O–H groups in total. The van der Waals surface area contributed by atoms with E-state index in [1.165, 1.54) is 25.3 Å². The van der Waals surface area contributed by atoms with Crippen molar-refractivity contribution >= 4 is 16.8 Å². The van der Waals surface area contributed by atoms with Gasteiger partial charge < -0.3 is 19.5 Å². The summed E-state index contributed by atoms with van der Waals surface area (Å²) < 4.78 is 48.1. The summed E-state index contributed by atoms with van der Waals surface area (Å²) in [6.45, 7) is 4.20. The van der Waals surface area contributed by atoms with Crippen LogP contribution in [0.15, 0.2) is 65.7 Å². The van der Waals surface area contributed by atoms with Crippen molar-refractivity contribution in [2.75, 3.05) is 33.3 Å². The van der Waals surface area contributed by atoms with Crippen LogP contribution < -0.4 is 15.6 Å². The largest absolute Gasteiger partial charge is 0.492 e. The number of rotatable bonds is 7. The Bertz CT molecular complexity index is 1740. The molecule has 0 aliphatic carbocycles. The molecule has 216 valence electrons. The van der Waals surface area contributed by atoms with Crippen molar-refractivity contribution in [3.8, 4) is 17.6 Å². The minimum absolute atomic E-state index is 0.0270. The third kappa shape index (κ3) is 6.31. The Morgan fingerprint density at radius 1 is 1.17 bits per heavy atom. The smallest absolute Gasteiger partial charge is 0.263 e. The van der Waals surface area contributed by atoms with Crippen LogP contribution in [0.25, 0.3) is 10.9 Å². The SMILES string of the molecule is C[C@H](c1cc(F)c(F)c(F)c1)n1cccc(C(=O)NCC#Cc2ccc3nccc(OC[C@H]4CCN(C)C4)c3c2)c1=O. The highest BCUT2D eigenvalue weighted by molar-refractivity contribution is 5.94. The molecule has 1 aliphatic rings. The summed E-state index contributed by atoms with van der Waals surface area (Å²) in [4.78, 5) is 32.5. The third-order valence-electron chi connectivity index (χ3n) is 7.36. The number of nitrogens with zero attached hydrogens (tertiary/aromatic N) is 3. The zero-order valence-electron chi connectivity index (χ0n) is 23.2. The molecule has 2 atom stereocenters. The summed E-state index contributed by atoms with van der Waals surface area (Å²) in [5.74, 6) is 2.17. The Kier molecular flexibility index (Phi) is 8.59. The zero-order chi connectivity index (χ0) is 29.8. The third-order valence-corrected chi connectivity index (χ3v) is 7.36. The molecule has 10 heteroatoms. The predicted octanol–water partition coefficient (Wildman–Crippen LogP) is 4.54. The first-order valence-electron chi connectivity index (χ1n) is 13.5. The van der Waals surface area contributed by atoms with Crippen LogP contribution in [-0.4, -0.2) is 53.6 Å². The van der Waals surface area contributed by atoms with Gasteiger partial charge in [-0.05, 0) is 81.0 Å². The molecule has 2 aromatic heterocycles. The summed E-state index contributed by atoms with van der Waals surface area (Å²) >= 11 is 0. The number of benzene rings is 2. The fraction of sp³-hybridized carbons (Fsp3) is 0.281. The molecule has 0 saturated carbocycles. The van der Waals surface area contributed by atoms with E-state index in [2.05, 4.69) is 34.1 Å². The molecule has 1 fully saturated rings.